The molecule has 1 rings (SSSR count). The molecule has 0 amide bonds. The molecule has 1 N–H and O–H groups in total. The zero-order chi connectivity index (χ0) is 15.3. The molecule has 0 fully saturated rings. The highest BCUT2D eigenvalue weighted by Crippen LogP contribution is 2.07. The summed E-state index contributed by atoms with van der Waals surface area (Å²) in [6.07, 6.45) is 1.97. The van der Waals surface area contributed by atoms with E-state index in [1.807, 2.05) is 13.0 Å². The van der Waals surface area contributed by atoms with Crippen LogP contribution in [0.4, 0.5) is 5.82 Å². The number of nitrogens with one attached hydrogen (secondary N) is 1. The molecule has 0 aromatic carbocycles. The number of nitrogens with zero attached hydrogens (tertiary/aromatic N) is 2. The highest BCUT2D eigenvalue weighted by molar-refractivity contribution is 5.35. The van der Waals surface area contributed by atoms with Crippen molar-refractivity contribution in [1.82, 2.24) is 9.97 Å². The fourth-order valence-electron chi connectivity index (χ4n) is 1.73. The second kappa shape index (κ2) is 11.4. The second-order valence-electron chi connectivity index (χ2n) is 4.75. The van der Waals surface area contributed by atoms with E-state index >= 15 is 0 Å². The first-order chi connectivity index (χ1) is 10.3. The van der Waals surface area contributed by atoms with Gasteiger partial charge in [0.1, 0.15) is 12.4 Å². The number of ether oxygens (including phenoxy) is 3. The van der Waals surface area contributed by atoms with Gasteiger partial charge in [-0.2, -0.15) is 0 Å². The minimum Gasteiger partial charge on any atom is -0.385 e. The molecular formula is C15H27N3O3. The third-order valence-electron chi connectivity index (χ3n) is 2.70. The summed E-state index contributed by atoms with van der Waals surface area (Å²) in [6.45, 7) is 7.95. The van der Waals surface area contributed by atoms with E-state index in [1.54, 1.807) is 7.11 Å². The maximum Gasteiger partial charge on any atom is 0.156 e. The lowest BCUT2D eigenvalue weighted by Gasteiger charge is -2.08. The Hall–Kier alpha value is -1.24. The van der Waals surface area contributed by atoms with Crippen LogP contribution in [0.3, 0.4) is 0 Å². The molecule has 1 aromatic rings. The largest absolute Gasteiger partial charge is 0.385 e. The van der Waals surface area contributed by atoms with Gasteiger partial charge in [-0.1, -0.05) is 6.92 Å². The summed E-state index contributed by atoms with van der Waals surface area (Å²) in [4.78, 5) is 8.79. The molecular weight excluding hydrogens is 270 g/mol. The zero-order valence-corrected chi connectivity index (χ0v) is 13.4. The molecule has 0 radical (unpaired) electrons. The van der Waals surface area contributed by atoms with Gasteiger partial charge in [0.05, 0.1) is 13.2 Å². The van der Waals surface area contributed by atoms with E-state index in [-0.39, 0.29) is 0 Å². The molecule has 0 saturated carbocycles. The van der Waals surface area contributed by atoms with E-state index in [9.17, 15) is 0 Å². The lowest BCUT2D eigenvalue weighted by Crippen LogP contribution is -2.10. The molecule has 0 spiro atoms. The third-order valence-corrected chi connectivity index (χ3v) is 2.70. The summed E-state index contributed by atoms with van der Waals surface area (Å²) in [5, 5.41) is 3.26. The van der Waals surface area contributed by atoms with Crippen molar-refractivity contribution in [2.75, 3.05) is 45.4 Å². The zero-order valence-electron chi connectivity index (χ0n) is 13.4. The Labute approximate surface area is 127 Å². The first kappa shape index (κ1) is 17.8. The Morgan fingerprint density at radius 3 is 2.67 bits per heavy atom. The Morgan fingerprint density at radius 1 is 1.10 bits per heavy atom. The van der Waals surface area contributed by atoms with Crippen LogP contribution in [-0.4, -0.2) is 50.1 Å². The lowest BCUT2D eigenvalue weighted by molar-refractivity contribution is 0.0317. The molecule has 0 unspecified atom stereocenters. The smallest absolute Gasteiger partial charge is 0.156 e. The van der Waals surface area contributed by atoms with Crippen LogP contribution in [0.5, 0.6) is 0 Å². The Morgan fingerprint density at radius 2 is 1.90 bits per heavy atom. The molecule has 0 saturated heterocycles. The molecule has 0 aliphatic rings. The molecule has 6 nitrogen and oxygen atoms in total. The Balaban J connectivity index is 2.20. The van der Waals surface area contributed by atoms with Gasteiger partial charge in [-0.15, -0.1) is 0 Å². The van der Waals surface area contributed by atoms with Gasteiger partial charge >= 0.3 is 0 Å². The van der Waals surface area contributed by atoms with E-state index in [1.165, 1.54) is 0 Å². The maximum absolute atomic E-state index is 5.53. The monoisotopic (exact) mass is 297 g/mol. The normalized spacial score (nSPS) is 10.8. The number of aromatic nitrogens is 2. The van der Waals surface area contributed by atoms with Crippen molar-refractivity contribution in [3.8, 4) is 0 Å². The van der Waals surface area contributed by atoms with Gasteiger partial charge in [0.25, 0.3) is 0 Å². The first-order valence-corrected chi connectivity index (χ1v) is 7.49. The van der Waals surface area contributed by atoms with Crippen molar-refractivity contribution in [3.63, 3.8) is 0 Å². The molecule has 1 aromatic heterocycles. The topological polar surface area (TPSA) is 65.5 Å². The summed E-state index contributed by atoms with van der Waals surface area (Å²) in [6, 6.07) is 1.94. The summed E-state index contributed by atoms with van der Waals surface area (Å²) >= 11 is 0. The van der Waals surface area contributed by atoms with Gasteiger partial charge < -0.3 is 19.5 Å². The van der Waals surface area contributed by atoms with Crippen molar-refractivity contribution in [3.05, 3.63) is 17.6 Å². The van der Waals surface area contributed by atoms with E-state index in [4.69, 9.17) is 14.2 Å². The quantitative estimate of drug-likeness (QED) is 0.597. The van der Waals surface area contributed by atoms with Crippen LogP contribution in [0, 0.1) is 6.92 Å². The number of hydrogen-bond acceptors (Lipinski definition) is 6. The lowest BCUT2D eigenvalue weighted by atomic mass is 10.4. The number of rotatable bonds is 12. The van der Waals surface area contributed by atoms with Crippen LogP contribution in [0.2, 0.25) is 0 Å². The SMILES string of the molecule is CCCNc1cc(C)nc(COCCOCCCOC)n1. The number of aryl methyl sites for hydroxylation is 1. The van der Waals surface area contributed by atoms with Crippen molar-refractivity contribution >= 4 is 5.82 Å². The first-order valence-electron chi connectivity index (χ1n) is 7.49. The van der Waals surface area contributed by atoms with E-state index < -0.39 is 0 Å². The fraction of sp³-hybridized carbons (Fsp3) is 0.733. The molecule has 0 bridgehead atoms. The van der Waals surface area contributed by atoms with E-state index in [0.29, 0.717) is 32.3 Å². The minimum absolute atomic E-state index is 0.407. The van der Waals surface area contributed by atoms with Crippen molar-refractivity contribution in [2.24, 2.45) is 0 Å². The molecule has 6 heteroatoms. The van der Waals surface area contributed by atoms with Crippen LogP contribution in [0.1, 0.15) is 31.3 Å². The molecule has 0 aliphatic carbocycles. The molecule has 0 atom stereocenters. The van der Waals surface area contributed by atoms with Gasteiger partial charge in [-0.3, -0.25) is 0 Å². The molecule has 120 valence electrons. The third kappa shape index (κ3) is 8.60. The predicted octanol–water partition coefficient (Wildman–Crippen LogP) is 2.18. The summed E-state index contributed by atoms with van der Waals surface area (Å²) < 4.78 is 15.9. The van der Waals surface area contributed by atoms with Gasteiger partial charge in [0, 0.05) is 38.6 Å². The van der Waals surface area contributed by atoms with Gasteiger partial charge in [0.2, 0.25) is 0 Å². The maximum atomic E-state index is 5.53. The fourth-order valence-corrected chi connectivity index (χ4v) is 1.73. The van der Waals surface area contributed by atoms with Crippen molar-refractivity contribution in [2.45, 2.75) is 33.3 Å². The highest BCUT2D eigenvalue weighted by Gasteiger charge is 2.02. The average Bonchev–Trinajstić information content (AvgIpc) is 2.47. The van der Waals surface area contributed by atoms with E-state index in [0.717, 1.165) is 37.5 Å². The van der Waals surface area contributed by atoms with E-state index in [2.05, 4.69) is 22.2 Å². The van der Waals surface area contributed by atoms with Crippen molar-refractivity contribution in [1.29, 1.82) is 0 Å². The number of hydrogen-bond donors (Lipinski definition) is 1. The number of anilines is 1. The molecule has 1 heterocycles. The summed E-state index contributed by atoms with van der Waals surface area (Å²) in [5.41, 5.74) is 0.943. The molecule has 0 aliphatic heterocycles. The van der Waals surface area contributed by atoms with Crippen LogP contribution >= 0.6 is 0 Å². The standard InChI is InChI=1S/C15H27N3O3/c1-4-6-16-14-11-13(2)17-15(18-14)12-21-10-9-20-8-5-7-19-3/h11H,4-10,12H2,1-3H3,(H,16,17,18). The highest BCUT2D eigenvalue weighted by atomic mass is 16.5. The van der Waals surface area contributed by atoms with Gasteiger partial charge in [-0.25, -0.2) is 9.97 Å². The van der Waals surface area contributed by atoms with Crippen LogP contribution in [0.25, 0.3) is 0 Å². The van der Waals surface area contributed by atoms with Gasteiger partial charge in [-0.05, 0) is 19.8 Å². The van der Waals surface area contributed by atoms with Crippen LogP contribution in [-0.2, 0) is 20.8 Å². The second-order valence-corrected chi connectivity index (χ2v) is 4.75. The Bertz CT molecular complexity index is 388. The minimum atomic E-state index is 0.407. The van der Waals surface area contributed by atoms with Crippen LogP contribution < -0.4 is 5.32 Å². The van der Waals surface area contributed by atoms with Crippen molar-refractivity contribution < 1.29 is 14.2 Å². The molecule has 21 heavy (non-hydrogen) atoms. The average molecular weight is 297 g/mol. The number of methoxy groups -OCH3 is 1. The summed E-state index contributed by atoms with van der Waals surface area (Å²) in [7, 11) is 1.69. The summed E-state index contributed by atoms with van der Waals surface area (Å²) in [5.74, 6) is 1.56. The van der Waals surface area contributed by atoms with Crippen LogP contribution in [0.15, 0.2) is 6.07 Å². The Kier molecular flexibility index (Phi) is 9.69. The van der Waals surface area contributed by atoms with Gasteiger partial charge in [0.15, 0.2) is 5.82 Å². The predicted molar refractivity (Wildman–Crippen MR) is 82.5 cm³/mol.